The third kappa shape index (κ3) is 3.19. The van der Waals surface area contributed by atoms with E-state index in [0.717, 1.165) is 0 Å². The number of aliphatic hydroxyl groups excluding tert-OH is 1. The molecule has 0 unspecified atom stereocenters. The van der Waals surface area contributed by atoms with E-state index in [4.69, 9.17) is 15.6 Å². The Morgan fingerprint density at radius 1 is 1.39 bits per heavy atom. The second-order valence-electron chi connectivity index (χ2n) is 5.06. The van der Waals surface area contributed by atoms with Gasteiger partial charge in [0.1, 0.15) is 12.1 Å². The minimum atomic E-state index is -0.556. The van der Waals surface area contributed by atoms with Gasteiger partial charge in [0.25, 0.3) is 0 Å². The topological polar surface area (TPSA) is 100 Å². The number of rotatable bonds is 4. The van der Waals surface area contributed by atoms with Gasteiger partial charge in [-0.25, -0.2) is 0 Å². The van der Waals surface area contributed by atoms with E-state index in [0.29, 0.717) is 12.8 Å². The normalized spacial score (nSPS) is 23.5. The Morgan fingerprint density at radius 3 is 2.28 bits per heavy atom. The maximum atomic E-state index is 12.0. The lowest BCUT2D eigenvalue weighted by atomic mass is 10.1. The molecule has 1 aliphatic heterocycles. The molecule has 6 nitrogen and oxygen atoms in total. The molecular formula is C12H18N4O2. The zero-order chi connectivity index (χ0) is 13.8. The van der Waals surface area contributed by atoms with Crippen LogP contribution in [0.25, 0.3) is 0 Å². The molecule has 98 valence electrons. The van der Waals surface area contributed by atoms with E-state index >= 15 is 0 Å². The number of carbonyl (C=O) groups is 1. The van der Waals surface area contributed by atoms with Gasteiger partial charge in [0, 0.05) is 5.54 Å². The van der Waals surface area contributed by atoms with Gasteiger partial charge < -0.3 is 15.3 Å². The zero-order valence-corrected chi connectivity index (χ0v) is 10.7. The number of nitrogens with zero attached hydrogens (tertiary/aromatic N) is 3. The zero-order valence-electron chi connectivity index (χ0n) is 10.7. The van der Waals surface area contributed by atoms with Gasteiger partial charge in [0.15, 0.2) is 0 Å². The Kier molecular flexibility index (Phi) is 4.66. The summed E-state index contributed by atoms with van der Waals surface area (Å²) in [7, 11) is 0. The van der Waals surface area contributed by atoms with Crippen molar-refractivity contribution in [2.45, 2.75) is 44.3 Å². The highest BCUT2D eigenvalue weighted by molar-refractivity contribution is 5.80. The van der Waals surface area contributed by atoms with Crippen LogP contribution >= 0.6 is 0 Å². The summed E-state index contributed by atoms with van der Waals surface area (Å²) in [6, 6.07) is 3.07. The predicted molar refractivity (Wildman–Crippen MR) is 64.0 cm³/mol. The fraction of sp³-hybridized carbons (Fsp3) is 0.750. The second kappa shape index (κ2) is 5.81. The van der Waals surface area contributed by atoms with Gasteiger partial charge in [-0.1, -0.05) is 0 Å². The van der Waals surface area contributed by atoms with Crippen LogP contribution in [0, 0.1) is 22.7 Å². The van der Waals surface area contributed by atoms with E-state index in [1.165, 1.54) is 4.90 Å². The van der Waals surface area contributed by atoms with Crippen LogP contribution < -0.4 is 5.32 Å². The number of nitrogens with one attached hydrogen (secondary N) is 1. The van der Waals surface area contributed by atoms with E-state index in [1.54, 1.807) is 13.8 Å². The molecule has 2 atom stereocenters. The molecule has 0 spiro atoms. The third-order valence-corrected chi connectivity index (χ3v) is 3.08. The molecule has 2 N–H and O–H groups in total. The number of aliphatic hydroxyl groups is 1. The lowest BCUT2D eigenvalue weighted by molar-refractivity contribution is -0.131. The Morgan fingerprint density at radius 2 is 1.89 bits per heavy atom. The molecule has 0 saturated carbocycles. The summed E-state index contributed by atoms with van der Waals surface area (Å²) in [6.07, 6.45) is 1.09. The molecule has 1 heterocycles. The van der Waals surface area contributed by atoms with E-state index in [-0.39, 0.29) is 19.1 Å². The van der Waals surface area contributed by atoms with Gasteiger partial charge >= 0.3 is 0 Å². The van der Waals surface area contributed by atoms with Gasteiger partial charge in [-0.15, -0.1) is 0 Å². The average molecular weight is 250 g/mol. The van der Waals surface area contributed by atoms with Crippen molar-refractivity contribution >= 4 is 5.91 Å². The quantitative estimate of drug-likeness (QED) is 0.717. The lowest BCUT2D eigenvalue weighted by Crippen LogP contribution is -2.50. The molecule has 1 fully saturated rings. The largest absolute Gasteiger partial charge is 0.394 e. The summed E-state index contributed by atoms with van der Waals surface area (Å²) < 4.78 is 0. The molecule has 1 rings (SSSR count). The van der Waals surface area contributed by atoms with Crippen LogP contribution in [0.2, 0.25) is 0 Å². The molecule has 0 aromatic carbocycles. The number of amides is 1. The van der Waals surface area contributed by atoms with Gasteiger partial charge in [-0.2, -0.15) is 10.5 Å². The highest BCUT2D eigenvalue weighted by Crippen LogP contribution is 2.23. The molecule has 6 heteroatoms. The summed E-state index contributed by atoms with van der Waals surface area (Å²) in [5.41, 5.74) is -0.556. The number of hydrogen-bond donors (Lipinski definition) is 2. The van der Waals surface area contributed by atoms with Crippen LogP contribution in [0.15, 0.2) is 0 Å². The first-order chi connectivity index (χ1) is 8.45. The van der Waals surface area contributed by atoms with Crippen LogP contribution in [-0.2, 0) is 4.79 Å². The number of hydrogen-bond acceptors (Lipinski definition) is 5. The number of carbonyl (C=O) groups excluding carboxylic acids is 1. The van der Waals surface area contributed by atoms with Crippen molar-refractivity contribution in [3.63, 3.8) is 0 Å². The summed E-state index contributed by atoms with van der Waals surface area (Å²) in [5.74, 6) is -0.271. The molecular weight excluding hydrogens is 232 g/mol. The minimum Gasteiger partial charge on any atom is -0.394 e. The van der Waals surface area contributed by atoms with E-state index in [2.05, 4.69) is 5.32 Å². The molecule has 0 aromatic rings. The Hall–Kier alpha value is -1.63. The van der Waals surface area contributed by atoms with Crippen LogP contribution in [0.3, 0.4) is 0 Å². The van der Waals surface area contributed by atoms with Crippen LogP contribution in [0.4, 0.5) is 0 Å². The summed E-state index contributed by atoms with van der Waals surface area (Å²) in [5, 5.41) is 29.9. The molecule has 1 amide bonds. The third-order valence-electron chi connectivity index (χ3n) is 3.08. The fourth-order valence-corrected chi connectivity index (χ4v) is 1.87. The van der Waals surface area contributed by atoms with Crippen molar-refractivity contribution in [1.29, 1.82) is 10.5 Å². The lowest BCUT2D eigenvalue weighted by Gasteiger charge is -2.27. The van der Waals surface area contributed by atoms with E-state index in [1.807, 2.05) is 12.1 Å². The first-order valence-corrected chi connectivity index (χ1v) is 5.91. The summed E-state index contributed by atoms with van der Waals surface area (Å²) in [6.45, 7) is 3.47. The molecule has 0 aromatic heterocycles. The minimum absolute atomic E-state index is 0.0178. The van der Waals surface area contributed by atoms with Gasteiger partial charge in [0.2, 0.25) is 5.91 Å². The van der Waals surface area contributed by atoms with Crippen molar-refractivity contribution in [2.75, 3.05) is 13.2 Å². The maximum absolute atomic E-state index is 12.0. The van der Waals surface area contributed by atoms with E-state index < -0.39 is 17.6 Å². The highest BCUT2D eigenvalue weighted by Gasteiger charge is 2.37. The Balaban J connectivity index is 2.65. The Labute approximate surface area is 107 Å². The molecule has 1 aliphatic rings. The van der Waals surface area contributed by atoms with Crippen molar-refractivity contribution in [2.24, 2.45) is 0 Å². The highest BCUT2D eigenvalue weighted by atomic mass is 16.3. The average Bonchev–Trinajstić information content (AvgIpc) is 2.79. The SMILES string of the molecule is CC(C)(CO)NCC(=O)N1[C@H](C#N)CC[C@@H]1C#N. The second-order valence-corrected chi connectivity index (χ2v) is 5.06. The molecule has 1 saturated heterocycles. The van der Waals surface area contributed by atoms with Crippen molar-refractivity contribution in [3.05, 3.63) is 0 Å². The van der Waals surface area contributed by atoms with Gasteiger partial charge in [0.05, 0.1) is 25.3 Å². The van der Waals surface area contributed by atoms with Crippen molar-refractivity contribution < 1.29 is 9.90 Å². The molecule has 0 radical (unpaired) electrons. The molecule has 0 bridgehead atoms. The van der Waals surface area contributed by atoms with Crippen molar-refractivity contribution in [3.8, 4) is 12.1 Å². The standard InChI is InChI=1S/C12H18N4O2/c1-12(2,8-17)15-7-11(18)16-9(5-13)3-4-10(16)6-14/h9-10,15,17H,3-4,7-8H2,1-2H3/t9-,10+. The fourth-order valence-electron chi connectivity index (χ4n) is 1.87. The number of likely N-dealkylation sites (tertiary alicyclic amines) is 1. The Bertz CT molecular complexity index is 372. The van der Waals surface area contributed by atoms with Gasteiger partial charge in [-0.3, -0.25) is 4.79 Å². The first-order valence-electron chi connectivity index (χ1n) is 5.91. The van der Waals surface area contributed by atoms with Gasteiger partial charge in [-0.05, 0) is 26.7 Å². The summed E-state index contributed by atoms with van der Waals surface area (Å²) >= 11 is 0. The van der Waals surface area contributed by atoms with Crippen LogP contribution in [0.1, 0.15) is 26.7 Å². The first kappa shape index (κ1) is 14.4. The monoisotopic (exact) mass is 250 g/mol. The molecule has 18 heavy (non-hydrogen) atoms. The van der Waals surface area contributed by atoms with E-state index in [9.17, 15) is 4.79 Å². The predicted octanol–water partition coefficient (Wildman–Crippen LogP) is -0.246. The maximum Gasteiger partial charge on any atom is 0.238 e. The summed E-state index contributed by atoms with van der Waals surface area (Å²) in [4.78, 5) is 13.4. The van der Waals surface area contributed by atoms with Crippen LogP contribution in [0.5, 0.6) is 0 Å². The smallest absolute Gasteiger partial charge is 0.238 e. The number of nitriles is 2. The van der Waals surface area contributed by atoms with Crippen molar-refractivity contribution in [1.82, 2.24) is 10.2 Å². The molecule has 0 aliphatic carbocycles. The van der Waals surface area contributed by atoms with Crippen LogP contribution in [-0.4, -0.2) is 46.7 Å².